The van der Waals surface area contributed by atoms with Crippen molar-refractivity contribution < 1.29 is 9.59 Å². The van der Waals surface area contributed by atoms with Gasteiger partial charge in [-0.2, -0.15) is 0 Å². The van der Waals surface area contributed by atoms with Crippen molar-refractivity contribution in [3.63, 3.8) is 0 Å². The number of carbonyl (C=O) groups excluding carboxylic acids is 2. The van der Waals surface area contributed by atoms with Crippen LogP contribution in [0.3, 0.4) is 0 Å². The molecule has 1 saturated carbocycles. The summed E-state index contributed by atoms with van der Waals surface area (Å²) in [4.78, 5) is 25.4. The maximum Gasteiger partial charge on any atom is 0.239 e. The van der Waals surface area contributed by atoms with Crippen LogP contribution in [0.2, 0.25) is 0 Å². The number of rotatable bonds is 5. The van der Waals surface area contributed by atoms with E-state index in [9.17, 15) is 9.59 Å². The molecule has 0 aliphatic heterocycles. The maximum absolute atomic E-state index is 12.3. The third-order valence-corrected chi connectivity index (χ3v) is 3.50. The van der Waals surface area contributed by atoms with Gasteiger partial charge in [-0.05, 0) is 32.6 Å². The van der Waals surface area contributed by atoms with E-state index in [1.165, 1.54) is 4.90 Å². The largest absolute Gasteiger partial charge is 0.352 e. The summed E-state index contributed by atoms with van der Waals surface area (Å²) in [5.41, 5.74) is 5.31. The Bertz CT molecular complexity index is 322. The van der Waals surface area contributed by atoms with E-state index in [0.717, 1.165) is 12.8 Å². The van der Waals surface area contributed by atoms with E-state index >= 15 is 0 Å². The molecule has 5 nitrogen and oxygen atoms in total. The fraction of sp³-hybridized carbons (Fsp3) is 0.846. The minimum absolute atomic E-state index is 0.00186. The van der Waals surface area contributed by atoms with E-state index in [-0.39, 0.29) is 24.4 Å². The molecular formula is C13H25N3O2. The van der Waals surface area contributed by atoms with Gasteiger partial charge in [-0.25, -0.2) is 0 Å². The van der Waals surface area contributed by atoms with Gasteiger partial charge >= 0.3 is 0 Å². The normalized spacial score (nSPS) is 26.7. The van der Waals surface area contributed by atoms with E-state index in [4.69, 9.17) is 5.73 Å². The Balaban J connectivity index is 2.53. The van der Waals surface area contributed by atoms with Crippen LogP contribution in [0.4, 0.5) is 0 Å². The van der Waals surface area contributed by atoms with Crippen molar-refractivity contribution >= 4 is 11.8 Å². The average molecular weight is 255 g/mol. The van der Waals surface area contributed by atoms with Gasteiger partial charge in [0.25, 0.3) is 0 Å². The van der Waals surface area contributed by atoms with Gasteiger partial charge in [-0.1, -0.05) is 6.92 Å². The van der Waals surface area contributed by atoms with Crippen LogP contribution in [0.5, 0.6) is 0 Å². The Kier molecular flexibility index (Phi) is 4.73. The number of hydrogen-bond donors (Lipinski definition) is 2. The first-order chi connectivity index (χ1) is 8.30. The SMILES string of the molecule is CC1CC(CN)(C(=O)N(C)CC(=O)NC(C)C)C1. The lowest BCUT2D eigenvalue weighted by Gasteiger charge is -2.46. The Hall–Kier alpha value is -1.10. The lowest BCUT2D eigenvalue weighted by atomic mass is 9.62. The molecule has 1 aliphatic carbocycles. The van der Waals surface area contributed by atoms with Crippen LogP contribution in [0, 0.1) is 11.3 Å². The molecule has 1 aliphatic rings. The van der Waals surface area contributed by atoms with Gasteiger partial charge in [0.2, 0.25) is 11.8 Å². The summed E-state index contributed by atoms with van der Waals surface area (Å²) in [6.07, 6.45) is 1.66. The van der Waals surface area contributed by atoms with Gasteiger partial charge in [0.15, 0.2) is 0 Å². The summed E-state index contributed by atoms with van der Waals surface area (Å²) in [5, 5.41) is 2.78. The molecule has 1 fully saturated rings. The Labute approximate surface area is 109 Å². The highest BCUT2D eigenvalue weighted by molar-refractivity contribution is 5.88. The van der Waals surface area contributed by atoms with Gasteiger partial charge in [-0.15, -0.1) is 0 Å². The zero-order valence-corrected chi connectivity index (χ0v) is 11.8. The van der Waals surface area contributed by atoms with Crippen molar-refractivity contribution in [1.82, 2.24) is 10.2 Å². The second kappa shape index (κ2) is 5.69. The molecule has 0 aromatic rings. The third kappa shape index (κ3) is 3.22. The molecule has 2 amide bonds. The zero-order valence-electron chi connectivity index (χ0n) is 11.8. The van der Waals surface area contributed by atoms with Crippen molar-refractivity contribution in [3.05, 3.63) is 0 Å². The minimum Gasteiger partial charge on any atom is -0.352 e. The lowest BCUT2D eigenvalue weighted by Crippen LogP contribution is -2.55. The first kappa shape index (κ1) is 15.0. The van der Waals surface area contributed by atoms with Crippen molar-refractivity contribution in [2.24, 2.45) is 17.1 Å². The number of carbonyl (C=O) groups is 2. The molecule has 0 atom stereocenters. The molecule has 0 unspecified atom stereocenters. The Morgan fingerprint density at radius 3 is 2.39 bits per heavy atom. The molecule has 0 spiro atoms. The van der Waals surface area contributed by atoms with E-state index in [1.54, 1.807) is 7.05 Å². The molecule has 3 N–H and O–H groups in total. The highest BCUT2D eigenvalue weighted by Crippen LogP contribution is 2.45. The van der Waals surface area contributed by atoms with Crippen LogP contribution in [-0.4, -0.2) is 42.9 Å². The van der Waals surface area contributed by atoms with Crippen LogP contribution in [0.15, 0.2) is 0 Å². The topological polar surface area (TPSA) is 75.4 Å². The van der Waals surface area contributed by atoms with Crippen LogP contribution in [-0.2, 0) is 9.59 Å². The van der Waals surface area contributed by atoms with Gasteiger partial charge in [0.05, 0.1) is 12.0 Å². The molecule has 0 bridgehead atoms. The Morgan fingerprint density at radius 1 is 1.44 bits per heavy atom. The third-order valence-electron chi connectivity index (χ3n) is 3.50. The second-order valence-electron chi connectivity index (χ2n) is 5.88. The van der Waals surface area contributed by atoms with Crippen LogP contribution >= 0.6 is 0 Å². The fourth-order valence-electron chi connectivity index (χ4n) is 2.76. The highest BCUT2D eigenvalue weighted by Gasteiger charge is 2.48. The summed E-state index contributed by atoms with van der Waals surface area (Å²) in [5.74, 6) is 0.429. The minimum atomic E-state index is -0.424. The van der Waals surface area contributed by atoms with E-state index in [1.807, 2.05) is 13.8 Å². The highest BCUT2D eigenvalue weighted by atomic mass is 16.2. The number of nitrogens with zero attached hydrogens (tertiary/aromatic N) is 1. The predicted molar refractivity (Wildman–Crippen MR) is 70.8 cm³/mol. The second-order valence-corrected chi connectivity index (χ2v) is 5.88. The molecule has 0 radical (unpaired) electrons. The molecular weight excluding hydrogens is 230 g/mol. The number of amides is 2. The van der Waals surface area contributed by atoms with Crippen molar-refractivity contribution in [1.29, 1.82) is 0 Å². The smallest absolute Gasteiger partial charge is 0.239 e. The van der Waals surface area contributed by atoms with Crippen LogP contribution < -0.4 is 11.1 Å². The Morgan fingerprint density at radius 2 is 2.00 bits per heavy atom. The summed E-state index contributed by atoms with van der Waals surface area (Å²) in [6, 6.07) is 0.0909. The van der Waals surface area contributed by atoms with Crippen LogP contribution in [0.1, 0.15) is 33.6 Å². The summed E-state index contributed by atoms with van der Waals surface area (Å²) >= 11 is 0. The number of nitrogens with two attached hydrogens (primary N) is 1. The number of likely N-dealkylation sites (N-methyl/N-ethyl adjacent to an activating group) is 1. The van der Waals surface area contributed by atoms with E-state index < -0.39 is 5.41 Å². The number of hydrogen-bond acceptors (Lipinski definition) is 3. The molecule has 0 heterocycles. The summed E-state index contributed by atoms with van der Waals surface area (Å²) in [7, 11) is 1.67. The van der Waals surface area contributed by atoms with Gasteiger partial charge < -0.3 is 16.0 Å². The predicted octanol–water partition coefficient (Wildman–Crippen LogP) is 0.344. The summed E-state index contributed by atoms with van der Waals surface area (Å²) < 4.78 is 0. The van der Waals surface area contributed by atoms with Gasteiger partial charge in [0, 0.05) is 19.6 Å². The standard InChI is InChI=1S/C13H25N3O2/c1-9(2)15-11(17)7-16(4)12(18)13(8-14)5-10(3)6-13/h9-10H,5-8,14H2,1-4H3,(H,15,17). The van der Waals surface area contributed by atoms with Gasteiger partial charge in [0.1, 0.15) is 0 Å². The van der Waals surface area contributed by atoms with E-state index in [0.29, 0.717) is 12.5 Å². The first-order valence-corrected chi connectivity index (χ1v) is 6.55. The maximum atomic E-state index is 12.3. The molecule has 1 rings (SSSR count). The molecule has 0 saturated heterocycles. The quantitative estimate of drug-likeness (QED) is 0.744. The fourth-order valence-corrected chi connectivity index (χ4v) is 2.76. The van der Waals surface area contributed by atoms with E-state index in [2.05, 4.69) is 12.2 Å². The average Bonchev–Trinajstić information content (AvgIpc) is 2.22. The molecule has 18 heavy (non-hydrogen) atoms. The van der Waals surface area contributed by atoms with Crippen molar-refractivity contribution in [3.8, 4) is 0 Å². The lowest BCUT2D eigenvalue weighted by molar-refractivity contribution is -0.150. The molecule has 0 aromatic heterocycles. The molecule has 5 heteroatoms. The van der Waals surface area contributed by atoms with Gasteiger partial charge in [-0.3, -0.25) is 9.59 Å². The van der Waals surface area contributed by atoms with Crippen LogP contribution in [0.25, 0.3) is 0 Å². The van der Waals surface area contributed by atoms with Crippen molar-refractivity contribution in [2.45, 2.75) is 39.7 Å². The summed E-state index contributed by atoms with van der Waals surface area (Å²) in [6.45, 7) is 6.38. The number of nitrogens with one attached hydrogen (secondary N) is 1. The zero-order chi connectivity index (χ0) is 13.9. The molecule has 104 valence electrons. The van der Waals surface area contributed by atoms with Crippen molar-refractivity contribution in [2.75, 3.05) is 20.1 Å². The molecule has 0 aromatic carbocycles. The first-order valence-electron chi connectivity index (χ1n) is 6.55. The monoisotopic (exact) mass is 255 g/mol.